The van der Waals surface area contributed by atoms with E-state index in [1.807, 2.05) is 13.8 Å². The van der Waals surface area contributed by atoms with Crippen molar-refractivity contribution in [3.63, 3.8) is 0 Å². The first-order valence-electron chi connectivity index (χ1n) is 8.80. The Kier molecular flexibility index (Phi) is 5.39. The molecule has 3 N–H and O–H groups in total. The van der Waals surface area contributed by atoms with Crippen molar-refractivity contribution in [3.05, 3.63) is 59.2 Å². The highest BCUT2D eigenvalue weighted by atomic mass is 32.2. The van der Waals surface area contributed by atoms with E-state index in [2.05, 4.69) is 4.72 Å². The number of benzene rings is 3. The van der Waals surface area contributed by atoms with Gasteiger partial charge in [-0.3, -0.25) is 4.72 Å². The second-order valence-corrected chi connectivity index (χ2v) is 8.46. The summed E-state index contributed by atoms with van der Waals surface area (Å²) in [5.74, 6) is -1.60. The van der Waals surface area contributed by atoms with Crippen molar-refractivity contribution in [2.75, 3.05) is 11.3 Å². The van der Waals surface area contributed by atoms with Gasteiger partial charge in [0.2, 0.25) is 0 Å². The van der Waals surface area contributed by atoms with E-state index >= 15 is 0 Å². The second kappa shape index (κ2) is 7.63. The standard InChI is InChI=1S/C21H21NO6S/c1-12-8-14(3)19(9-13(12)2)29(26,27)22-17-10-18(28-11-20(23)24)21(25)16-7-5-4-6-15(16)17/h4-10,22,25H,11H2,1-3H3,(H,23,24). The molecule has 8 heteroatoms. The number of aryl methyl sites for hydroxylation is 3. The molecule has 0 aliphatic rings. The molecule has 0 heterocycles. The fourth-order valence-electron chi connectivity index (χ4n) is 3.09. The van der Waals surface area contributed by atoms with Crippen LogP contribution in [0.15, 0.2) is 47.4 Å². The van der Waals surface area contributed by atoms with Crippen LogP contribution in [0.25, 0.3) is 10.8 Å². The Morgan fingerprint density at radius 1 is 1.00 bits per heavy atom. The van der Waals surface area contributed by atoms with Crippen LogP contribution in [0.4, 0.5) is 5.69 Å². The van der Waals surface area contributed by atoms with Gasteiger partial charge in [-0.15, -0.1) is 0 Å². The van der Waals surface area contributed by atoms with Gasteiger partial charge in [-0.05, 0) is 43.5 Å². The van der Waals surface area contributed by atoms with Gasteiger partial charge >= 0.3 is 5.97 Å². The minimum Gasteiger partial charge on any atom is -0.504 e. The Bertz CT molecular complexity index is 1220. The molecule has 0 amide bonds. The smallest absolute Gasteiger partial charge is 0.341 e. The summed E-state index contributed by atoms with van der Waals surface area (Å²) in [4.78, 5) is 11.0. The van der Waals surface area contributed by atoms with Crippen molar-refractivity contribution in [1.82, 2.24) is 0 Å². The van der Waals surface area contributed by atoms with Crippen molar-refractivity contribution >= 4 is 32.5 Å². The minimum absolute atomic E-state index is 0.124. The average Bonchev–Trinajstić information content (AvgIpc) is 2.65. The van der Waals surface area contributed by atoms with Gasteiger partial charge in [0.05, 0.1) is 10.6 Å². The molecule has 0 aromatic heterocycles. The zero-order valence-electron chi connectivity index (χ0n) is 16.2. The highest BCUT2D eigenvalue weighted by molar-refractivity contribution is 7.92. The highest BCUT2D eigenvalue weighted by Gasteiger charge is 2.21. The third-order valence-electron chi connectivity index (χ3n) is 4.66. The number of carbonyl (C=O) groups is 1. The van der Waals surface area contributed by atoms with Gasteiger partial charge < -0.3 is 14.9 Å². The number of fused-ring (bicyclic) bond motifs is 1. The SMILES string of the molecule is Cc1cc(C)c(S(=O)(=O)Nc2cc(OCC(=O)O)c(O)c3ccccc23)cc1C. The summed E-state index contributed by atoms with van der Waals surface area (Å²) in [6.07, 6.45) is 0. The van der Waals surface area contributed by atoms with Crippen LogP contribution in [0.1, 0.15) is 16.7 Å². The highest BCUT2D eigenvalue weighted by Crippen LogP contribution is 2.40. The Hall–Kier alpha value is -3.26. The van der Waals surface area contributed by atoms with Crippen LogP contribution in [0.2, 0.25) is 0 Å². The maximum absolute atomic E-state index is 13.1. The Balaban J connectivity index is 2.13. The van der Waals surface area contributed by atoms with E-state index in [0.29, 0.717) is 16.3 Å². The van der Waals surface area contributed by atoms with E-state index in [-0.39, 0.29) is 22.1 Å². The number of aromatic hydroxyl groups is 1. The number of nitrogens with one attached hydrogen (secondary N) is 1. The van der Waals surface area contributed by atoms with Crippen LogP contribution < -0.4 is 9.46 Å². The average molecular weight is 415 g/mol. The van der Waals surface area contributed by atoms with Gasteiger partial charge in [-0.2, -0.15) is 0 Å². The molecule has 0 atom stereocenters. The molecule has 3 aromatic carbocycles. The van der Waals surface area contributed by atoms with Gasteiger partial charge in [0, 0.05) is 16.8 Å². The molecule has 0 spiro atoms. The molecule has 3 aromatic rings. The predicted octanol–water partition coefficient (Wildman–Crippen LogP) is 3.73. The summed E-state index contributed by atoms with van der Waals surface area (Å²) in [7, 11) is -3.94. The molecule has 0 radical (unpaired) electrons. The van der Waals surface area contributed by atoms with E-state index in [1.54, 1.807) is 43.3 Å². The number of aliphatic carboxylic acids is 1. The lowest BCUT2D eigenvalue weighted by Crippen LogP contribution is -2.15. The van der Waals surface area contributed by atoms with E-state index in [4.69, 9.17) is 9.84 Å². The molecule has 29 heavy (non-hydrogen) atoms. The van der Waals surface area contributed by atoms with Crippen LogP contribution in [-0.4, -0.2) is 31.2 Å². The van der Waals surface area contributed by atoms with Gasteiger partial charge in [0.25, 0.3) is 10.0 Å². The van der Waals surface area contributed by atoms with Gasteiger partial charge in [0.15, 0.2) is 18.1 Å². The fourth-order valence-corrected chi connectivity index (χ4v) is 4.47. The van der Waals surface area contributed by atoms with Crippen molar-refractivity contribution in [2.45, 2.75) is 25.7 Å². The van der Waals surface area contributed by atoms with E-state index in [1.165, 1.54) is 6.07 Å². The molecule has 0 saturated heterocycles. The number of anilines is 1. The zero-order chi connectivity index (χ0) is 21.3. The Morgan fingerprint density at radius 2 is 1.62 bits per heavy atom. The largest absolute Gasteiger partial charge is 0.504 e. The zero-order valence-corrected chi connectivity index (χ0v) is 17.0. The third kappa shape index (κ3) is 4.12. The van der Waals surface area contributed by atoms with E-state index in [0.717, 1.165) is 11.1 Å². The third-order valence-corrected chi connectivity index (χ3v) is 6.16. The van der Waals surface area contributed by atoms with Crippen molar-refractivity contribution in [3.8, 4) is 11.5 Å². The minimum atomic E-state index is -3.94. The Labute approximate surface area is 168 Å². The predicted molar refractivity (Wildman–Crippen MR) is 110 cm³/mol. The normalized spacial score (nSPS) is 11.4. The number of phenolic OH excluding ortho intramolecular Hbond substituents is 1. The van der Waals surface area contributed by atoms with E-state index < -0.39 is 22.6 Å². The number of phenols is 1. The van der Waals surface area contributed by atoms with Crippen molar-refractivity contribution < 1.29 is 28.2 Å². The second-order valence-electron chi connectivity index (χ2n) is 6.81. The number of hydrogen-bond donors (Lipinski definition) is 3. The monoisotopic (exact) mass is 415 g/mol. The molecule has 0 bridgehead atoms. The first kappa shape index (κ1) is 20.5. The lowest BCUT2D eigenvalue weighted by Gasteiger charge is -2.16. The molecular formula is C21H21NO6S. The van der Waals surface area contributed by atoms with Crippen molar-refractivity contribution in [1.29, 1.82) is 0 Å². The summed E-state index contributed by atoms with van der Waals surface area (Å²) in [5.41, 5.74) is 2.61. The van der Waals surface area contributed by atoms with Crippen LogP contribution in [0, 0.1) is 20.8 Å². The van der Waals surface area contributed by atoms with E-state index in [9.17, 15) is 18.3 Å². The first-order chi connectivity index (χ1) is 13.6. The quantitative estimate of drug-likeness (QED) is 0.529. The van der Waals surface area contributed by atoms with Crippen LogP contribution in [-0.2, 0) is 14.8 Å². The van der Waals surface area contributed by atoms with Gasteiger partial charge in [0.1, 0.15) is 0 Å². The number of hydrogen-bond acceptors (Lipinski definition) is 5. The summed E-state index contributed by atoms with van der Waals surface area (Å²) in [6, 6.07) is 11.3. The van der Waals surface area contributed by atoms with Gasteiger partial charge in [-0.25, -0.2) is 13.2 Å². The molecular weight excluding hydrogens is 394 g/mol. The summed E-state index contributed by atoms with van der Waals surface area (Å²) < 4.78 is 33.9. The molecule has 0 saturated carbocycles. The molecule has 7 nitrogen and oxygen atoms in total. The van der Waals surface area contributed by atoms with Crippen LogP contribution in [0.5, 0.6) is 11.5 Å². The van der Waals surface area contributed by atoms with Crippen LogP contribution in [0.3, 0.4) is 0 Å². The topological polar surface area (TPSA) is 113 Å². The number of carboxylic acids is 1. The maximum Gasteiger partial charge on any atom is 0.341 e. The molecule has 0 aliphatic carbocycles. The van der Waals surface area contributed by atoms with Crippen molar-refractivity contribution in [2.24, 2.45) is 0 Å². The number of sulfonamides is 1. The van der Waals surface area contributed by atoms with Gasteiger partial charge in [-0.1, -0.05) is 30.3 Å². The summed E-state index contributed by atoms with van der Waals surface area (Å²) >= 11 is 0. The molecule has 0 unspecified atom stereocenters. The molecule has 152 valence electrons. The first-order valence-corrected chi connectivity index (χ1v) is 10.3. The summed E-state index contributed by atoms with van der Waals surface area (Å²) in [5, 5.41) is 20.1. The molecule has 0 fully saturated rings. The maximum atomic E-state index is 13.1. The number of rotatable bonds is 6. The van der Waals surface area contributed by atoms with Crippen LogP contribution >= 0.6 is 0 Å². The molecule has 0 aliphatic heterocycles. The lowest BCUT2D eigenvalue weighted by atomic mass is 10.1. The lowest BCUT2D eigenvalue weighted by molar-refractivity contribution is -0.139. The number of ether oxygens (including phenoxy) is 1. The summed E-state index contributed by atoms with van der Waals surface area (Å²) in [6.45, 7) is 4.79. The molecule has 3 rings (SSSR count). The fraction of sp³-hybridized carbons (Fsp3) is 0.190. The number of carboxylic acid groups (broad SMARTS) is 1. The Morgan fingerprint density at radius 3 is 2.28 bits per heavy atom.